The molecule has 2 amide bonds. The van der Waals surface area contributed by atoms with Crippen LogP contribution in [-0.2, 0) is 25.5 Å². The van der Waals surface area contributed by atoms with Crippen LogP contribution in [-0.4, -0.2) is 46.4 Å². The number of carbonyl (C=O) groups is 3. The van der Waals surface area contributed by atoms with E-state index in [1.807, 2.05) is 58.0 Å². The van der Waals surface area contributed by atoms with E-state index in [2.05, 4.69) is 15.9 Å². The Kier molecular flexibility index (Phi) is 7.78. The summed E-state index contributed by atoms with van der Waals surface area (Å²) in [5, 5.41) is 0. The van der Waals surface area contributed by atoms with Crippen LogP contribution < -0.4 is 0 Å². The van der Waals surface area contributed by atoms with Gasteiger partial charge in [0.05, 0.1) is 16.8 Å². The molecule has 6 nitrogen and oxygen atoms in total. The molecule has 1 aromatic carbocycles. The molecule has 0 N–H and O–H groups in total. The molecule has 0 aromatic heterocycles. The van der Waals surface area contributed by atoms with Gasteiger partial charge in [0.15, 0.2) is 0 Å². The Morgan fingerprint density at radius 1 is 1.16 bits per heavy atom. The molecule has 3 rings (SSSR count). The first-order valence-electron chi connectivity index (χ1n) is 11.1. The maximum atomic E-state index is 13.5. The quantitative estimate of drug-likeness (QED) is 0.391. The molecule has 0 saturated carbocycles. The summed E-state index contributed by atoms with van der Waals surface area (Å²) < 4.78 is 10.8. The highest BCUT2D eigenvalue weighted by Gasteiger charge is 2.44. The molecule has 0 aliphatic carbocycles. The van der Waals surface area contributed by atoms with Gasteiger partial charge in [-0.05, 0) is 36.7 Å². The second kappa shape index (κ2) is 10.2. The number of imide groups is 1. The van der Waals surface area contributed by atoms with Gasteiger partial charge in [-0.1, -0.05) is 74.0 Å². The van der Waals surface area contributed by atoms with Gasteiger partial charge in [0.1, 0.15) is 12.7 Å². The van der Waals surface area contributed by atoms with Crippen LogP contribution in [0.1, 0.15) is 46.1 Å². The standard InChI is InChI=1S/C24H32BrNO5/c1-14(2)18(11-20(25)21-12-19(15(3)4)23(28)31-21)22(27)26-17(13-30-24(26)29)10-16-8-6-5-7-9-16/h5-9,14-15,17-21H,10-13H2,1-4H3/t17-,18+,19?,20+,21?/m0/s1. The Balaban J connectivity index is 1.70. The normalized spacial score (nSPS) is 25.6. The first-order chi connectivity index (χ1) is 14.7. The van der Waals surface area contributed by atoms with E-state index in [9.17, 15) is 14.4 Å². The highest BCUT2D eigenvalue weighted by Crippen LogP contribution is 2.36. The third-order valence-corrected chi connectivity index (χ3v) is 7.34. The number of benzene rings is 1. The third-order valence-electron chi connectivity index (χ3n) is 6.38. The summed E-state index contributed by atoms with van der Waals surface area (Å²) in [4.78, 5) is 39.3. The lowest BCUT2D eigenvalue weighted by Crippen LogP contribution is -2.45. The van der Waals surface area contributed by atoms with Gasteiger partial charge < -0.3 is 9.47 Å². The number of carbonyl (C=O) groups excluding carboxylic acids is 3. The topological polar surface area (TPSA) is 72.9 Å². The van der Waals surface area contributed by atoms with Crippen LogP contribution in [0.15, 0.2) is 30.3 Å². The molecule has 31 heavy (non-hydrogen) atoms. The van der Waals surface area contributed by atoms with E-state index < -0.39 is 6.09 Å². The summed E-state index contributed by atoms with van der Waals surface area (Å²) in [5.41, 5.74) is 1.06. The van der Waals surface area contributed by atoms with Crippen LogP contribution in [0, 0.1) is 23.7 Å². The maximum Gasteiger partial charge on any atom is 0.416 e. The summed E-state index contributed by atoms with van der Waals surface area (Å²) in [7, 11) is 0. The smallest absolute Gasteiger partial charge is 0.416 e. The van der Waals surface area contributed by atoms with Crippen molar-refractivity contribution < 1.29 is 23.9 Å². The van der Waals surface area contributed by atoms with E-state index in [-0.39, 0.29) is 59.1 Å². The Morgan fingerprint density at radius 2 is 1.84 bits per heavy atom. The average Bonchev–Trinajstić information content (AvgIpc) is 3.29. The summed E-state index contributed by atoms with van der Waals surface area (Å²) >= 11 is 3.67. The minimum absolute atomic E-state index is 0.0244. The van der Waals surface area contributed by atoms with Gasteiger partial charge in [0, 0.05) is 5.92 Å². The number of rotatable bonds is 8. The number of cyclic esters (lactones) is 2. The van der Waals surface area contributed by atoms with E-state index in [1.165, 1.54) is 4.90 Å². The maximum absolute atomic E-state index is 13.5. The zero-order valence-corrected chi connectivity index (χ0v) is 20.2. The number of hydrogen-bond acceptors (Lipinski definition) is 5. The minimum atomic E-state index is -0.574. The zero-order valence-electron chi connectivity index (χ0n) is 18.6. The van der Waals surface area contributed by atoms with Crippen molar-refractivity contribution in [3.8, 4) is 0 Å². The van der Waals surface area contributed by atoms with Crippen molar-refractivity contribution in [3.05, 3.63) is 35.9 Å². The lowest BCUT2D eigenvalue weighted by molar-refractivity contribution is -0.145. The van der Waals surface area contributed by atoms with E-state index in [4.69, 9.17) is 9.47 Å². The van der Waals surface area contributed by atoms with Gasteiger partial charge in [-0.2, -0.15) is 0 Å². The van der Waals surface area contributed by atoms with Crippen molar-refractivity contribution in [1.29, 1.82) is 0 Å². The summed E-state index contributed by atoms with van der Waals surface area (Å²) in [5.74, 6) is -0.628. The van der Waals surface area contributed by atoms with E-state index in [0.29, 0.717) is 19.3 Å². The van der Waals surface area contributed by atoms with Crippen LogP contribution in [0.3, 0.4) is 0 Å². The molecule has 0 radical (unpaired) electrons. The number of amides is 2. The third kappa shape index (κ3) is 5.48. The SMILES string of the molecule is CC(C)C1CC([C@H](Br)C[C@@H](C(=O)N2C(=O)OC[C@@H]2Cc2ccccc2)C(C)C)OC1=O. The molecule has 2 aliphatic heterocycles. The number of hydrogen-bond donors (Lipinski definition) is 0. The molecule has 5 atom stereocenters. The number of alkyl halides is 1. The first-order valence-corrected chi connectivity index (χ1v) is 12.0. The second-order valence-electron chi connectivity index (χ2n) is 9.29. The lowest BCUT2D eigenvalue weighted by Gasteiger charge is -2.29. The van der Waals surface area contributed by atoms with Crippen LogP contribution in [0.5, 0.6) is 0 Å². The van der Waals surface area contributed by atoms with Crippen molar-refractivity contribution in [2.24, 2.45) is 23.7 Å². The first kappa shape index (κ1) is 23.8. The molecule has 1 aromatic rings. The summed E-state index contributed by atoms with van der Waals surface area (Å²) in [6.07, 6.45) is 0.862. The van der Waals surface area contributed by atoms with E-state index in [1.54, 1.807) is 0 Å². The summed E-state index contributed by atoms with van der Waals surface area (Å²) in [6, 6.07) is 9.48. The second-order valence-corrected chi connectivity index (χ2v) is 10.5. The van der Waals surface area contributed by atoms with Crippen molar-refractivity contribution in [2.45, 2.75) is 63.9 Å². The van der Waals surface area contributed by atoms with E-state index >= 15 is 0 Å². The predicted octanol–water partition coefficient (Wildman–Crippen LogP) is 4.59. The minimum Gasteiger partial charge on any atom is -0.461 e. The highest BCUT2D eigenvalue weighted by atomic mass is 79.9. The van der Waals surface area contributed by atoms with Gasteiger partial charge in [-0.25, -0.2) is 9.69 Å². The van der Waals surface area contributed by atoms with Crippen LogP contribution in [0.2, 0.25) is 0 Å². The molecule has 0 bridgehead atoms. The Hall–Kier alpha value is -1.89. The Bertz CT molecular complexity index is 796. The van der Waals surface area contributed by atoms with E-state index in [0.717, 1.165) is 5.56 Å². The number of nitrogens with zero attached hydrogens (tertiary/aromatic N) is 1. The average molecular weight is 494 g/mol. The molecular weight excluding hydrogens is 462 g/mol. The van der Waals surface area contributed by atoms with Crippen LogP contribution in [0.25, 0.3) is 0 Å². The lowest BCUT2D eigenvalue weighted by atomic mass is 9.86. The molecule has 0 spiro atoms. The number of esters is 1. The predicted molar refractivity (Wildman–Crippen MR) is 121 cm³/mol. The molecule has 2 fully saturated rings. The van der Waals surface area contributed by atoms with Gasteiger partial charge in [-0.15, -0.1) is 0 Å². The monoisotopic (exact) mass is 493 g/mol. The molecule has 2 heterocycles. The van der Waals surface area contributed by atoms with Gasteiger partial charge in [-0.3, -0.25) is 9.59 Å². The van der Waals surface area contributed by atoms with Crippen molar-refractivity contribution >= 4 is 33.9 Å². The van der Waals surface area contributed by atoms with Crippen molar-refractivity contribution in [2.75, 3.05) is 6.61 Å². The van der Waals surface area contributed by atoms with Crippen LogP contribution in [0.4, 0.5) is 4.79 Å². The molecule has 7 heteroatoms. The Labute approximate surface area is 192 Å². The van der Waals surface area contributed by atoms with Crippen molar-refractivity contribution in [3.63, 3.8) is 0 Å². The number of ether oxygens (including phenoxy) is 2. The molecule has 2 aliphatic rings. The fourth-order valence-corrected chi connectivity index (χ4v) is 5.12. The van der Waals surface area contributed by atoms with Gasteiger partial charge in [0.25, 0.3) is 0 Å². The van der Waals surface area contributed by atoms with Gasteiger partial charge in [0.2, 0.25) is 5.91 Å². The molecular formula is C24H32BrNO5. The van der Waals surface area contributed by atoms with Crippen LogP contribution >= 0.6 is 15.9 Å². The fourth-order valence-electron chi connectivity index (χ4n) is 4.40. The van der Waals surface area contributed by atoms with Crippen molar-refractivity contribution in [1.82, 2.24) is 4.90 Å². The molecule has 170 valence electrons. The number of halogens is 1. The Morgan fingerprint density at radius 3 is 2.42 bits per heavy atom. The molecule has 2 unspecified atom stereocenters. The molecule has 2 saturated heterocycles. The largest absolute Gasteiger partial charge is 0.461 e. The summed E-state index contributed by atoms with van der Waals surface area (Å²) in [6.45, 7) is 8.20. The van der Waals surface area contributed by atoms with Gasteiger partial charge >= 0.3 is 12.1 Å². The fraction of sp³-hybridized carbons (Fsp3) is 0.625. The zero-order chi connectivity index (χ0) is 22.7. The highest BCUT2D eigenvalue weighted by molar-refractivity contribution is 9.09.